The van der Waals surface area contributed by atoms with E-state index < -0.39 is 28.9 Å². The molecule has 0 radical (unpaired) electrons. The standard InChI is InChI=1S/C20H14F3N5O2/c1-11-9-12(5-7-24-11)27-19(30)15-10-26-28(17(15)20(21,22)23)16-4-2-3-14-13(16)6-8-25-18(14)29/h2-10H,1H3,(H,25,29)(H,24,27,30). The van der Waals surface area contributed by atoms with Gasteiger partial charge in [-0.25, -0.2) is 4.68 Å². The Hall–Kier alpha value is -3.95. The molecule has 0 fully saturated rings. The molecule has 7 nitrogen and oxygen atoms in total. The van der Waals surface area contributed by atoms with Gasteiger partial charge in [-0.3, -0.25) is 14.6 Å². The molecule has 2 N–H and O–H groups in total. The lowest BCUT2D eigenvalue weighted by molar-refractivity contribution is -0.143. The first-order chi connectivity index (χ1) is 14.3. The highest BCUT2D eigenvalue weighted by Gasteiger charge is 2.40. The van der Waals surface area contributed by atoms with Crippen molar-refractivity contribution in [3.63, 3.8) is 0 Å². The van der Waals surface area contributed by atoms with E-state index in [1.54, 1.807) is 6.92 Å². The molecule has 10 heteroatoms. The number of anilines is 1. The number of hydrogen-bond donors (Lipinski definition) is 2. The number of amides is 1. The number of fused-ring (bicyclic) bond motifs is 1. The van der Waals surface area contributed by atoms with Crippen molar-refractivity contribution < 1.29 is 18.0 Å². The Morgan fingerprint density at radius 2 is 1.97 bits per heavy atom. The summed E-state index contributed by atoms with van der Waals surface area (Å²) >= 11 is 0. The molecule has 3 aromatic heterocycles. The summed E-state index contributed by atoms with van der Waals surface area (Å²) in [5.74, 6) is -0.961. The first-order valence-electron chi connectivity index (χ1n) is 8.76. The van der Waals surface area contributed by atoms with Gasteiger partial charge in [0.2, 0.25) is 0 Å². The number of benzene rings is 1. The van der Waals surface area contributed by atoms with E-state index in [0.29, 0.717) is 16.1 Å². The highest BCUT2D eigenvalue weighted by Crippen LogP contribution is 2.35. The van der Waals surface area contributed by atoms with Gasteiger partial charge in [0.1, 0.15) is 0 Å². The first kappa shape index (κ1) is 19.4. The summed E-state index contributed by atoms with van der Waals surface area (Å²) in [5, 5.41) is 6.73. The maximum Gasteiger partial charge on any atom is 0.434 e. The summed E-state index contributed by atoms with van der Waals surface area (Å²) in [6.07, 6.45) is -1.24. The number of hydrogen-bond acceptors (Lipinski definition) is 4. The average Bonchev–Trinajstić information content (AvgIpc) is 3.14. The molecule has 152 valence electrons. The predicted molar refractivity (Wildman–Crippen MR) is 104 cm³/mol. The molecule has 4 rings (SSSR count). The first-order valence-corrected chi connectivity index (χ1v) is 8.76. The molecule has 4 aromatic rings. The predicted octanol–water partition coefficient (Wildman–Crippen LogP) is 3.69. The summed E-state index contributed by atoms with van der Waals surface area (Å²) in [4.78, 5) is 31.1. The molecule has 0 bridgehead atoms. The molecule has 1 amide bonds. The van der Waals surface area contributed by atoms with Crippen molar-refractivity contribution >= 4 is 22.4 Å². The van der Waals surface area contributed by atoms with Crippen LogP contribution in [0.3, 0.4) is 0 Å². The van der Waals surface area contributed by atoms with E-state index >= 15 is 0 Å². The van der Waals surface area contributed by atoms with Gasteiger partial charge in [0.15, 0.2) is 5.69 Å². The van der Waals surface area contributed by atoms with Crippen LogP contribution in [0.25, 0.3) is 16.5 Å². The fourth-order valence-electron chi connectivity index (χ4n) is 3.18. The van der Waals surface area contributed by atoms with Crippen molar-refractivity contribution in [3.8, 4) is 5.69 Å². The van der Waals surface area contributed by atoms with E-state index in [2.05, 4.69) is 20.4 Å². The third kappa shape index (κ3) is 3.43. The Balaban J connectivity index is 1.86. The lowest BCUT2D eigenvalue weighted by Gasteiger charge is -2.14. The van der Waals surface area contributed by atoms with Gasteiger partial charge in [-0.1, -0.05) is 6.07 Å². The molecule has 0 unspecified atom stereocenters. The number of aromatic amines is 1. The van der Waals surface area contributed by atoms with E-state index in [-0.39, 0.29) is 16.5 Å². The summed E-state index contributed by atoms with van der Waals surface area (Å²) in [6, 6.07) is 8.83. The van der Waals surface area contributed by atoms with E-state index in [0.717, 1.165) is 6.20 Å². The van der Waals surface area contributed by atoms with Gasteiger partial charge in [0.05, 0.1) is 17.4 Å². The largest absolute Gasteiger partial charge is 0.434 e. The van der Waals surface area contributed by atoms with Crippen LogP contribution in [0.1, 0.15) is 21.7 Å². The van der Waals surface area contributed by atoms with Crippen LogP contribution in [0.2, 0.25) is 0 Å². The number of carbonyl (C=O) groups is 1. The van der Waals surface area contributed by atoms with Gasteiger partial charge in [-0.2, -0.15) is 18.3 Å². The zero-order valence-corrected chi connectivity index (χ0v) is 15.5. The molecule has 0 aliphatic heterocycles. The Kier molecular flexibility index (Phi) is 4.61. The van der Waals surface area contributed by atoms with Crippen molar-refractivity contribution in [2.75, 3.05) is 5.32 Å². The number of pyridine rings is 2. The van der Waals surface area contributed by atoms with Crippen molar-refractivity contribution in [1.82, 2.24) is 19.7 Å². The molecule has 0 saturated carbocycles. The summed E-state index contributed by atoms with van der Waals surface area (Å²) < 4.78 is 42.5. The third-order valence-electron chi connectivity index (χ3n) is 4.46. The molecule has 3 heterocycles. The van der Waals surface area contributed by atoms with Crippen LogP contribution in [0.5, 0.6) is 0 Å². The number of halogens is 3. The minimum Gasteiger partial charge on any atom is -0.329 e. The van der Waals surface area contributed by atoms with Crippen LogP contribution in [-0.2, 0) is 6.18 Å². The number of nitrogens with zero attached hydrogens (tertiary/aromatic N) is 3. The molecule has 0 spiro atoms. The number of aromatic nitrogens is 4. The second-order valence-electron chi connectivity index (χ2n) is 6.50. The topological polar surface area (TPSA) is 92.7 Å². The van der Waals surface area contributed by atoms with Crippen molar-refractivity contribution in [1.29, 1.82) is 0 Å². The van der Waals surface area contributed by atoms with Gasteiger partial charge in [-0.05, 0) is 37.3 Å². The summed E-state index contributed by atoms with van der Waals surface area (Å²) in [5.41, 5.74) is -1.38. The fraction of sp³-hybridized carbons (Fsp3) is 0.100. The van der Waals surface area contributed by atoms with Crippen LogP contribution < -0.4 is 10.9 Å². The maximum atomic E-state index is 14.0. The quantitative estimate of drug-likeness (QED) is 0.536. The van der Waals surface area contributed by atoms with Crippen LogP contribution >= 0.6 is 0 Å². The Morgan fingerprint density at radius 3 is 2.70 bits per heavy atom. The number of aryl methyl sites for hydroxylation is 1. The zero-order valence-electron chi connectivity index (χ0n) is 15.5. The zero-order chi connectivity index (χ0) is 21.5. The van der Waals surface area contributed by atoms with Crippen molar-refractivity contribution in [3.05, 3.63) is 82.3 Å². The number of rotatable bonds is 3. The monoisotopic (exact) mass is 413 g/mol. The Bertz CT molecular complexity index is 1320. The fourth-order valence-corrected chi connectivity index (χ4v) is 3.18. The SMILES string of the molecule is Cc1cc(NC(=O)c2cnn(-c3cccc4c(=O)[nH]ccc34)c2C(F)(F)F)ccn1. The molecule has 0 atom stereocenters. The van der Waals surface area contributed by atoms with Gasteiger partial charge in [0, 0.05) is 34.5 Å². The number of alkyl halides is 3. The Morgan fingerprint density at radius 1 is 1.17 bits per heavy atom. The Labute approximate surface area is 167 Å². The van der Waals surface area contributed by atoms with Gasteiger partial charge in [-0.15, -0.1) is 0 Å². The lowest BCUT2D eigenvalue weighted by Crippen LogP contribution is -2.21. The number of nitrogens with one attached hydrogen (secondary N) is 2. The second kappa shape index (κ2) is 7.14. The van der Waals surface area contributed by atoms with Gasteiger partial charge in [0.25, 0.3) is 11.5 Å². The van der Waals surface area contributed by atoms with Crippen molar-refractivity contribution in [2.45, 2.75) is 13.1 Å². The minimum atomic E-state index is -4.87. The highest BCUT2D eigenvalue weighted by molar-refractivity contribution is 6.05. The lowest BCUT2D eigenvalue weighted by atomic mass is 10.1. The molecule has 0 aliphatic carbocycles. The molecule has 0 aliphatic rings. The number of H-pyrrole nitrogens is 1. The molecule has 0 saturated heterocycles. The van der Waals surface area contributed by atoms with E-state index in [1.165, 1.54) is 48.8 Å². The molecule has 1 aromatic carbocycles. The third-order valence-corrected chi connectivity index (χ3v) is 4.46. The normalized spacial score (nSPS) is 11.6. The summed E-state index contributed by atoms with van der Waals surface area (Å²) in [7, 11) is 0. The second-order valence-corrected chi connectivity index (χ2v) is 6.50. The van der Waals surface area contributed by atoms with E-state index in [1.807, 2.05) is 0 Å². The maximum absolute atomic E-state index is 14.0. The van der Waals surface area contributed by atoms with E-state index in [4.69, 9.17) is 0 Å². The minimum absolute atomic E-state index is 0.0322. The number of carbonyl (C=O) groups excluding carboxylic acids is 1. The van der Waals surface area contributed by atoms with Gasteiger partial charge < -0.3 is 10.3 Å². The molecular weight excluding hydrogens is 399 g/mol. The van der Waals surface area contributed by atoms with E-state index in [9.17, 15) is 22.8 Å². The summed E-state index contributed by atoms with van der Waals surface area (Å²) in [6.45, 7) is 1.69. The van der Waals surface area contributed by atoms with Gasteiger partial charge >= 0.3 is 6.18 Å². The van der Waals surface area contributed by atoms with Crippen LogP contribution in [-0.4, -0.2) is 25.7 Å². The van der Waals surface area contributed by atoms with Crippen LogP contribution in [0.4, 0.5) is 18.9 Å². The van der Waals surface area contributed by atoms with Crippen LogP contribution in [0.15, 0.2) is 59.8 Å². The smallest absolute Gasteiger partial charge is 0.329 e. The van der Waals surface area contributed by atoms with Crippen LogP contribution in [0, 0.1) is 6.92 Å². The molecular formula is C20H14F3N5O2. The van der Waals surface area contributed by atoms with Crippen molar-refractivity contribution in [2.24, 2.45) is 0 Å². The highest BCUT2D eigenvalue weighted by atomic mass is 19.4. The average molecular weight is 413 g/mol. The molecule has 30 heavy (non-hydrogen) atoms.